The highest BCUT2D eigenvalue weighted by molar-refractivity contribution is 5.16. The van der Waals surface area contributed by atoms with Crippen molar-refractivity contribution in [3.8, 4) is 0 Å². The van der Waals surface area contributed by atoms with Gasteiger partial charge in [-0.25, -0.2) is 4.98 Å². The summed E-state index contributed by atoms with van der Waals surface area (Å²) in [4.78, 5) is 4.57. The fourth-order valence-electron chi connectivity index (χ4n) is 2.41. The van der Waals surface area contributed by atoms with E-state index >= 15 is 0 Å². The zero-order chi connectivity index (χ0) is 11.1. The number of fused-ring (bicyclic) bond motifs is 1. The van der Waals surface area contributed by atoms with Gasteiger partial charge < -0.3 is 10.3 Å². The molecule has 3 nitrogen and oxygen atoms in total. The molecule has 0 bridgehead atoms. The van der Waals surface area contributed by atoms with E-state index in [1.807, 2.05) is 6.20 Å². The van der Waals surface area contributed by atoms with Crippen molar-refractivity contribution < 1.29 is 0 Å². The van der Waals surface area contributed by atoms with Crippen molar-refractivity contribution in [2.45, 2.75) is 51.5 Å². The molecule has 1 aliphatic heterocycles. The molecule has 3 heteroatoms. The van der Waals surface area contributed by atoms with Crippen LogP contribution in [0.5, 0.6) is 0 Å². The van der Waals surface area contributed by atoms with Gasteiger partial charge in [-0.1, -0.05) is 20.8 Å². The lowest BCUT2D eigenvalue weighted by Crippen LogP contribution is -2.30. The van der Waals surface area contributed by atoms with Gasteiger partial charge >= 0.3 is 0 Å². The first-order valence-corrected chi connectivity index (χ1v) is 5.80. The summed E-state index contributed by atoms with van der Waals surface area (Å²) in [5.74, 6) is 1.19. The maximum Gasteiger partial charge on any atom is 0.114 e. The molecule has 1 unspecified atom stereocenters. The maximum atomic E-state index is 5.84. The number of aromatic nitrogens is 2. The Labute approximate surface area is 91.7 Å². The van der Waals surface area contributed by atoms with Gasteiger partial charge in [-0.15, -0.1) is 0 Å². The van der Waals surface area contributed by atoms with Crippen LogP contribution in [0.1, 0.15) is 51.2 Å². The van der Waals surface area contributed by atoms with Gasteiger partial charge in [0.2, 0.25) is 0 Å². The molecule has 0 saturated carbocycles. The highest BCUT2D eigenvalue weighted by atomic mass is 15.1. The number of hydrogen-bond donors (Lipinski definition) is 1. The highest BCUT2D eigenvalue weighted by Gasteiger charge is 2.28. The number of hydrogen-bond acceptors (Lipinski definition) is 2. The third-order valence-corrected chi connectivity index (χ3v) is 3.15. The average molecular weight is 207 g/mol. The summed E-state index contributed by atoms with van der Waals surface area (Å²) >= 11 is 0. The summed E-state index contributed by atoms with van der Waals surface area (Å²) in [6.07, 6.45) is 5.63. The predicted octanol–water partition coefficient (Wildman–Crippen LogP) is 2.02. The molecule has 0 aliphatic carbocycles. The first-order chi connectivity index (χ1) is 7.04. The molecular weight excluding hydrogens is 186 g/mol. The predicted molar refractivity (Wildman–Crippen MR) is 62.0 cm³/mol. The summed E-state index contributed by atoms with van der Waals surface area (Å²) in [7, 11) is 0. The van der Waals surface area contributed by atoms with Crippen LogP contribution in [-0.2, 0) is 11.8 Å². The molecule has 84 valence electrons. The number of imidazole rings is 1. The first kappa shape index (κ1) is 10.7. The third kappa shape index (κ3) is 1.81. The van der Waals surface area contributed by atoms with Crippen molar-refractivity contribution in [3.63, 3.8) is 0 Å². The van der Waals surface area contributed by atoms with E-state index in [-0.39, 0.29) is 5.41 Å². The minimum Gasteiger partial charge on any atom is -0.328 e. The lowest BCUT2D eigenvalue weighted by atomic mass is 9.94. The minimum atomic E-state index is 0.114. The van der Waals surface area contributed by atoms with Crippen LogP contribution in [-0.4, -0.2) is 16.1 Å². The monoisotopic (exact) mass is 207 g/mol. The van der Waals surface area contributed by atoms with E-state index in [0.29, 0.717) is 6.04 Å². The van der Waals surface area contributed by atoms with Crippen molar-refractivity contribution in [2.24, 2.45) is 5.73 Å². The second kappa shape index (κ2) is 3.63. The van der Waals surface area contributed by atoms with Gasteiger partial charge in [0, 0.05) is 29.9 Å². The molecule has 0 aromatic carbocycles. The van der Waals surface area contributed by atoms with Crippen molar-refractivity contribution in [2.75, 3.05) is 6.54 Å². The molecule has 2 heterocycles. The molecule has 0 fully saturated rings. The zero-order valence-electron chi connectivity index (χ0n) is 9.95. The molecule has 15 heavy (non-hydrogen) atoms. The van der Waals surface area contributed by atoms with E-state index in [0.717, 1.165) is 13.0 Å². The van der Waals surface area contributed by atoms with Crippen LogP contribution >= 0.6 is 0 Å². The Morgan fingerprint density at radius 1 is 1.53 bits per heavy atom. The van der Waals surface area contributed by atoms with Crippen LogP contribution in [0.4, 0.5) is 0 Å². The van der Waals surface area contributed by atoms with Crippen LogP contribution in [0, 0.1) is 0 Å². The van der Waals surface area contributed by atoms with Crippen molar-refractivity contribution in [1.82, 2.24) is 9.55 Å². The second-order valence-corrected chi connectivity index (χ2v) is 5.47. The normalized spacial score (nSPS) is 21.5. The zero-order valence-corrected chi connectivity index (χ0v) is 9.95. The molecule has 2 N–H and O–H groups in total. The van der Waals surface area contributed by atoms with Gasteiger partial charge in [0.1, 0.15) is 5.82 Å². The van der Waals surface area contributed by atoms with E-state index in [2.05, 4.69) is 30.3 Å². The molecule has 0 spiro atoms. The Morgan fingerprint density at radius 2 is 2.27 bits per heavy atom. The summed E-state index contributed by atoms with van der Waals surface area (Å²) in [5, 5.41) is 0. The Bertz CT molecular complexity index is 346. The minimum absolute atomic E-state index is 0.114. The van der Waals surface area contributed by atoms with Crippen LogP contribution in [0.3, 0.4) is 0 Å². The SMILES string of the molecule is CC(C)(C)c1ncc2n1C(CN)CCC2. The largest absolute Gasteiger partial charge is 0.328 e. The van der Waals surface area contributed by atoms with Gasteiger partial charge in [-0.05, 0) is 19.3 Å². The number of rotatable bonds is 1. The molecule has 1 aliphatic rings. The van der Waals surface area contributed by atoms with E-state index in [9.17, 15) is 0 Å². The van der Waals surface area contributed by atoms with E-state index in [4.69, 9.17) is 5.73 Å². The topological polar surface area (TPSA) is 43.8 Å². The summed E-state index contributed by atoms with van der Waals surface area (Å²) in [6, 6.07) is 0.463. The number of aryl methyl sites for hydroxylation is 1. The number of nitrogens with two attached hydrogens (primary N) is 1. The van der Waals surface area contributed by atoms with Crippen LogP contribution in [0.15, 0.2) is 6.20 Å². The van der Waals surface area contributed by atoms with E-state index in [1.165, 1.54) is 24.4 Å². The van der Waals surface area contributed by atoms with Crippen LogP contribution in [0.2, 0.25) is 0 Å². The quantitative estimate of drug-likeness (QED) is 0.765. The summed E-state index contributed by atoms with van der Waals surface area (Å²) in [5.41, 5.74) is 7.32. The summed E-state index contributed by atoms with van der Waals surface area (Å²) < 4.78 is 2.38. The van der Waals surface area contributed by atoms with Gasteiger partial charge in [-0.3, -0.25) is 0 Å². The Morgan fingerprint density at radius 3 is 2.87 bits per heavy atom. The molecule has 2 rings (SSSR count). The van der Waals surface area contributed by atoms with E-state index < -0.39 is 0 Å². The van der Waals surface area contributed by atoms with Crippen LogP contribution < -0.4 is 5.73 Å². The molecule has 1 aromatic rings. The first-order valence-electron chi connectivity index (χ1n) is 5.80. The fourth-order valence-corrected chi connectivity index (χ4v) is 2.41. The smallest absolute Gasteiger partial charge is 0.114 e. The molecule has 1 atom stereocenters. The fraction of sp³-hybridized carbons (Fsp3) is 0.750. The third-order valence-electron chi connectivity index (χ3n) is 3.15. The van der Waals surface area contributed by atoms with Gasteiger partial charge in [0.25, 0.3) is 0 Å². The van der Waals surface area contributed by atoms with Crippen LogP contribution in [0.25, 0.3) is 0 Å². The lowest BCUT2D eigenvalue weighted by molar-refractivity contribution is 0.371. The van der Waals surface area contributed by atoms with Crippen molar-refractivity contribution in [1.29, 1.82) is 0 Å². The highest BCUT2D eigenvalue weighted by Crippen LogP contribution is 2.31. The molecular formula is C12H21N3. The standard InChI is InChI=1S/C12H21N3/c1-12(2,3)11-14-8-10-6-4-5-9(7-13)15(10)11/h8-9H,4-7,13H2,1-3H3. The maximum absolute atomic E-state index is 5.84. The molecule has 1 aromatic heterocycles. The van der Waals surface area contributed by atoms with Gasteiger partial charge in [0.15, 0.2) is 0 Å². The molecule has 0 radical (unpaired) electrons. The van der Waals surface area contributed by atoms with Gasteiger partial charge in [-0.2, -0.15) is 0 Å². The van der Waals surface area contributed by atoms with Gasteiger partial charge in [0.05, 0.1) is 0 Å². The van der Waals surface area contributed by atoms with Crippen molar-refractivity contribution in [3.05, 3.63) is 17.7 Å². The van der Waals surface area contributed by atoms with Crippen molar-refractivity contribution >= 4 is 0 Å². The molecule has 0 saturated heterocycles. The molecule has 0 amide bonds. The van der Waals surface area contributed by atoms with E-state index in [1.54, 1.807) is 0 Å². The Kier molecular flexibility index (Phi) is 2.59. The average Bonchev–Trinajstić information content (AvgIpc) is 2.59. The lowest BCUT2D eigenvalue weighted by Gasteiger charge is -2.30. The summed E-state index contributed by atoms with van der Waals surface area (Å²) in [6.45, 7) is 7.37. The Hall–Kier alpha value is -0.830. The number of nitrogens with zero attached hydrogens (tertiary/aromatic N) is 2. The second-order valence-electron chi connectivity index (χ2n) is 5.47. The Balaban J connectivity index is 2.47.